The lowest BCUT2D eigenvalue weighted by Crippen LogP contribution is -1.90. The zero-order chi connectivity index (χ0) is 15.8. The molecular formula is C17H15N5O. The number of benzene rings is 2. The van der Waals surface area contributed by atoms with Crippen LogP contribution in [0, 0.1) is 0 Å². The number of hydrogen-bond acceptors (Lipinski definition) is 4. The van der Waals surface area contributed by atoms with Gasteiger partial charge in [0.1, 0.15) is 11.6 Å². The second-order valence-electron chi connectivity index (χ2n) is 5.19. The van der Waals surface area contributed by atoms with Crippen LogP contribution in [0.2, 0.25) is 0 Å². The fourth-order valence-electron chi connectivity index (χ4n) is 2.63. The van der Waals surface area contributed by atoms with Gasteiger partial charge in [0.25, 0.3) is 0 Å². The number of hydrogen-bond donors (Lipinski definition) is 3. The fourth-order valence-corrected chi connectivity index (χ4v) is 2.63. The first-order chi connectivity index (χ1) is 11.3. The Morgan fingerprint density at radius 2 is 1.83 bits per heavy atom. The van der Waals surface area contributed by atoms with Crippen LogP contribution in [0.15, 0.2) is 48.5 Å². The molecule has 0 fully saturated rings. The van der Waals surface area contributed by atoms with E-state index in [1.54, 1.807) is 7.11 Å². The Bertz CT molecular complexity index is 935. The number of H-pyrrole nitrogens is 2. The number of nitrogens with two attached hydrogens (primary N) is 1. The van der Waals surface area contributed by atoms with Crippen LogP contribution in [0.3, 0.4) is 0 Å². The van der Waals surface area contributed by atoms with Gasteiger partial charge in [0.05, 0.1) is 29.4 Å². The van der Waals surface area contributed by atoms with Crippen LogP contribution >= 0.6 is 0 Å². The maximum atomic E-state index is 6.06. The van der Waals surface area contributed by atoms with Crippen molar-refractivity contribution >= 4 is 16.9 Å². The molecule has 114 valence electrons. The van der Waals surface area contributed by atoms with Gasteiger partial charge in [0, 0.05) is 5.56 Å². The van der Waals surface area contributed by atoms with Crippen LogP contribution < -0.4 is 10.5 Å². The molecule has 0 bridgehead atoms. The van der Waals surface area contributed by atoms with Gasteiger partial charge >= 0.3 is 0 Å². The number of aromatic nitrogens is 4. The normalized spacial score (nSPS) is 11.0. The Hall–Kier alpha value is -3.28. The molecule has 23 heavy (non-hydrogen) atoms. The SMILES string of the molecule is COc1ccc(-c2[nH]nc(N)c2-c2nc3ccccc3[nH]2)cc1. The van der Waals surface area contributed by atoms with Gasteiger partial charge < -0.3 is 15.5 Å². The molecule has 0 aliphatic rings. The predicted octanol–water partition coefficient (Wildman–Crippen LogP) is 3.21. The molecule has 2 heterocycles. The Labute approximate surface area is 132 Å². The molecule has 0 saturated carbocycles. The molecule has 2 aromatic carbocycles. The van der Waals surface area contributed by atoms with Crippen molar-refractivity contribution in [2.75, 3.05) is 12.8 Å². The molecule has 0 aliphatic carbocycles. The van der Waals surface area contributed by atoms with Crippen molar-refractivity contribution < 1.29 is 4.74 Å². The Balaban J connectivity index is 1.86. The summed E-state index contributed by atoms with van der Waals surface area (Å²) in [6.07, 6.45) is 0. The molecule has 4 rings (SSSR count). The molecule has 0 radical (unpaired) electrons. The third-order valence-corrected chi connectivity index (χ3v) is 3.80. The summed E-state index contributed by atoms with van der Waals surface area (Å²) in [4.78, 5) is 7.91. The average molecular weight is 305 g/mol. The van der Waals surface area contributed by atoms with E-state index in [4.69, 9.17) is 10.5 Å². The maximum Gasteiger partial charge on any atom is 0.156 e. The number of fused-ring (bicyclic) bond motifs is 1. The number of nitrogens with zero attached hydrogens (tertiary/aromatic N) is 2. The lowest BCUT2D eigenvalue weighted by atomic mass is 10.1. The average Bonchev–Trinajstić information content (AvgIpc) is 3.17. The van der Waals surface area contributed by atoms with Crippen molar-refractivity contribution in [3.8, 4) is 28.4 Å². The van der Waals surface area contributed by atoms with E-state index >= 15 is 0 Å². The smallest absolute Gasteiger partial charge is 0.156 e. The van der Waals surface area contributed by atoms with E-state index in [0.717, 1.165) is 33.6 Å². The van der Waals surface area contributed by atoms with E-state index < -0.39 is 0 Å². The standard InChI is InChI=1S/C17H15N5O/c1-23-11-8-6-10(7-9-11)15-14(16(18)22-21-15)17-19-12-4-2-3-5-13(12)20-17/h2-9H,1H3,(H,19,20)(H3,18,21,22). The van der Waals surface area contributed by atoms with E-state index in [9.17, 15) is 0 Å². The topological polar surface area (TPSA) is 92.6 Å². The van der Waals surface area contributed by atoms with Crippen molar-refractivity contribution in [1.29, 1.82) is 0 Å². The monoisotopic (exact) mass is 305 g/mol. The van der Waals surface area contributed by atoms with Crippen molar-refractivity contribution in [2.24, 2.45) is 0 Å². The van der Waals surface area contributed by atoms with Crippen molar-refractivity contribution in [2.45, 2.75) is 0 Å². The van der Waals surface area contributed by atoms with Gasteiger partial charge in [0.2, 0.25) is 0 Å². The quantitative estimate of drug-likeness (QED) is 0.542. The van der Waals surface area contributed by atoms with Crippen LogP contribution in [0.1, 0.15) is 0 Å². The summed E-state index contributed by atoms with van der Waals surface area (Å²) in [5.41, 5.74) is 10.5. The number of para-hydroxylation sites is 2. The minimum atomic E-state index is 0.412. The summed E-state index contributed by atoms with van der Waals surface area (Å²) in [5, 5.41) is 7.14. The summed E-state index contributed by atoms with van der Waals surface area (Å²) in [6, 6.07) is 15.6. The minimum absolute atomic E-state index is 0.412. The number of nitrogens with one attached hydrogen (secondary N) is 2. The molecule has 0 saturated heterocycles. The molecule has 0 amide bonds. The predicted molar refractivity (Wildman–Crippen MR) is 90.1 cm³/mol. The summed E-state index contributed by atoms with van der Waals surface area (Å²) < 4.78 is 5.20. The van der Waals surface area contributed by atoms with E-state index in [0.29, 0.717) is 11.6 Å². The highest BCUT2D eigenvalue weighted by molar-refractivity contribution is 5.88. The van der Waals surface area contributed by atoms with Gasteiger partial charge in [-0.15, -0.1) is 0 Å². The van der Waals surface area contributed by atoms with Gasteiger partial charge in [-0.3, -0.25) is 5.10 Å². The number of aromatic amines is 2. The minimum Gasteiger partial charge on any atom is -0.497 e. The highest BCUT2D eigenvalue weighted by atomic mass is 16.5. The molecule has 0 unspecified atom stereocenters. The van der Waals surface area contributed by atoms with E-state index in [-0.39, 0.29) is 0 Å². The van der Waals surface area contributed by atoms with Gasteiger partial charge in [-0.2, -0.15) is 5.10 Å². The van der Waals surface area contributed by atoms with Gasteiger partial charge in [0.15, 0.2) is 5.82 Å². The number of ether oxygens (including phenoxy) is 1. The first-order valence-electron chi connectivity index (χ1n) is 7.19. The summed E-state index contributed by atoms with van der Waals surface area (Å²) in [7, 11) is 1.64. The third-order valence-electron chi connectivity index (χ3n) is 3.80. The van der Waals surface area contributed by atoms with Gasteiger partial charge in [-0.1, -0.05) is 12.1 Å². The molecule has 6 heteroatoms. The second kappa shape index (κ2) is 5.17. The first kappa shape index (κ1) is 13.4. The highest BCUT2D eigenvalue weighted by Gasteiger charge is 2.18. The Morgan fingerprint density at radius 1 is 1.04 bits per heavy atom. The van der Waals surface area contributed by atoms with Crippen LogP contribution in [0.4, 0.5) is 5.82 Å². The van der Waals surface area contributed by atoms with Crippen LogP contribution in [-0.2, 0) is 0 Å². The summed E-state index contributed by atoms with van der Waals surface area (Å²) in [5.74, 6) is 1.91. The van der Waals surface area contributed by atoms with Crippen molar-refractivity contribution in [3.05, 3.63) is 48.5 Å². The fraction of sp³-hybridized carbons (Fsp3) is 0.0588. The summed E-state index contributed by atoms with van der Waals surface area (Å²) >= 11 is 0. The number of methoxy groups -OCH3 is 1. The highest BCUT2D eigenvalue weighted by Crippen LogP contribution is 2.34. The number of rotatable bonds is 3. The largest absolute Gasteiger partial charge is 0.497 e. The number of imidazole rings is 1. The molecule has 0 atom stereocenters. The van der Waals surface area contributed by atoms with Crippen molar-refractivity contribution in [1.82, 2.24) is 20.2 Å². The lowest BCUT2D eigenvalue weighted by molar-refractivity contribution is 0.415. The van der Waals surface area contributed by atoms with Gasteiger partial charge in [-0.25, -0.2) is 4.98 Å². The van der Waals surface area contributed by atoms with Crippen LogP contribution in [0.5, 0.6) is 5.75 Å². The molecule has 0 aliphatic heterocycles. The lowest BCUT2D eigenvalue weighted by Gasteiger charge is -2.04. The molecule has 4 N–H and O–H groups in total. The molecular weight excluding hydrogens is 290 g/mol. The van der Waals surface area contributed by atoms with Gasteiger partial charge in [-0.05, 0) is 36.4 Å². The molecule has 6 nitrogen and oxygen atoms in total. The molecule has 2 aromatic heterocycles. The first-order valence-corrected chi connectivity index (χ1v) is 7.19. The van der Waals surface area contributed by atoms with Crippen LogP contribution in [-0.4, -0.2) is 27.3 Å². The number of nitrogen functional groups attached to an aromatic ring is 1. The zero-order valence-electron chi connectivity index (χ0n) is 12.5. The Kier molecular flexibility index (Phi) is 3.01. The van der Waals surface area contributed by atoms with E-state index in [2.05, 4.69) is 20.2 Å². The maximum absolute atomic E-state index is 6.06. The van der Waals surface area contributed by atoms with E-state index in [1.165, 1.54) is 0 Å². The molecule has 0 spiro atoms. The number of anilines is 1. The second-order valence-corrected chi connectivity index (χ2v) is 5.19. The summed E-state index contributed by atoms with van der Waals surface area (Å²) in [6.45, 7) is 0. The zero-order valence-corrected chi connectivity index (χ0v) is 12.5. The van der Waals surface area contributed by atoms with Crippen molar-refractivity contribution in [3.63, 3.8) is 0 Å². The van der Waals surface area contributed by atoms with E-state index in [1.807, 2.05) is 48.5 Å². The van der Waals surface area contributed by atoms with Crippen LogP contribution in [0.25, 0.3) is 33.7 Å². The molecule has 4 aromatic rings. The Morgan fingerprint density at radius 3 is 2.57 bits per heavy atom. The third kappa shape index (κ3) is 2.20.